The van der Waals surface area contributed by atoms with Crippen LogP contribution in [0.25, 0.3) is 0 Å². The molecule has 1 saturated heterocycles. The van der Waals surface area contributed by atoms with Gasteiger partial charge in [-0.15, -0.1) is 0 Å². The third kappa shape index (κ3) is 3.04. The predicted octanol–water partition coefficient (Wildman–Crippen LogP) is 1.20. The Balaban J connectivity index is 2.50. The molecule has 21 heavy (non-hydrogen) atoms. The summed E-state index contributed by atoms with van der Waals surface area (Å²) in [5.41, 5.74) is 11.0. The van der Waals surface area contributed by atoms with Crippen LogP contribution in [0.5, 0.6) is 0 Å². The van der Waals surface area contributed by atoms with E-state index in [2.05, 4.69) is 15.9 Å². The molecule has 0 aromatic heterocycles. The van der Waals surface area contributed by atoms with Crippen molar-refractivity contribution < 1.29 is 17.6 Å². The summed E-state index contributed by atoms with van der Waals surface area (Å²) < 4.78 is 40.4. The van der Waals surface area contributed by atoms with E-state index in [0.29, 0.717) is 19.3 Å². The number of benzene rings is 1. The van der Waals surface area contributed by atoms with E-state index in [9.17, 15) is 17.6 Å². The number of nitrogens with two attached hydrogens (primary N) is 2. The highest BCUT2D eigenvalue weighted by Crippen LogP contribution is 2.31. The lowest BCUT2D eigenvalue weighted by molar-refractivity contribution is -0.122. The number of hydrogen-bond donors (Lipinski definition) is 2. The molecule has 0 bridgehead atoms. The lowest BCUT2D eigenvalue weighted by Gasteiger charge is -2.32. The van der Waals surface area contributed by atoms with Crippen LogP contribution in [0.3, 0.4) is 0 Å². The van der Waals surface area contributed by atoms with Crippen molar-refractivity contribution in [1.82, 2.24) is 4.31 Å². The second-order valence-corrected chi connectivity index (χ2v) is 7.55. The number of sulfonamides is 1. The molecule has 1 unspecified atom stereocenters. The van der Waals surface area contributed by atoms with Gasteiger partial charge in [0, 0.05) is 16.7 Å². The Bertz CT molecular complexity index is 681. The molecule has 0 radical (unpaired) electrons. The molecule has 1 aromatic rings. The van der Waals surface area contributed by atoms with Gasteiger partial charge in [-0.1, -0.05) is 6.42 Å². The van der Waals surface area contributed by atoms with E-state index >= 15 is 0 Å². The van der Waals surface area contributed by atoms with Gasteiger partial charge in [-0.05, 0) is 40.9 Å². The van der Waals surface area contributed by atoms with Gasteiger partial charge in [0.05, 0.1) is 0 Å². The van der Waals surface area contributed by atoms with E-state index in [4.69, 9.17) is 11.5 Å². The Morgan fingerprint density at radius 1 is 1.38 bits per heavy atom. The number of carbonyl (C=O) groups excluding carboxylic acids is 1. The van der Waals surface area contributed by atoms with Gasteiger partial charge < -0.3 is 11.5 Å². The molecule has 0 saturated carbocycles. The molecule has 9 heteroatoms. The van der Waals surface area contributed by atoms with Gasteiger partial charge in [0.1, 0.15) is 16.8 Å². The summed E-state index contributed by atoms with van der Waals surface area (Å²) in [5, 5.41) is 0. The van der Waals surface area contributed by atoms with Crippen molar-refractivity contribution in [3.63, 3.8) is 0 Å². The Kier molecular flexibility index (Phi) is 4.54. The fourth-order valence-electron chi connectivity index (χ4n) is 2.35. The lowest BCUT2D eigenvalue weighted by Crippen LogP contribution is -2.50. The zero-order chi connectivity index (χ0) is 15.8. The predicted molar refractivity (Wildman–Crippen MR) is 79.2 cm³/mol. The number of hydrogen-bond acceptors (Lipinski definition) is 4. The first-order valence-electron chi connectivity index (χ1n) is 6.31. The van der Waals surface area contributed by atoms with E-state index in [1.807, 2.05) is 0 Å². The number of amides is 1. The molecule has 116 valence electrons. The van der Waals surface area contributed by atoms with Crippen molar-refractivity contribution in [1.29, 1.82) is 0 Å². The van der Waals surface area contributed by atoms with E-state index in [1.165, 1.54) is 0 Å². The molecule has 4 N–H and O–H groups in total. The summed E-state index contributed by atoms with van der Waals surface area (Å²) in [7, 11) is -4.17. The van der Waals surface area contributed by atoms with Crippen LogP contribution in [0.2, 0.25) is 0 Å². The zero-order valence-electron chi connectivity index (χ0n) is 11.1. The minimum atomic E-state index is -4.17. The molecule has 1 heterocycles. The Labute approximate surface area is 130 Å². The van der Waals surface area contributed by atoms with Gasteiger partial charge in [-0.3, -0.25) is 4.79 Å². The highest BCUT2D eigenvalue weighted by molar-refractivity contribution is 9.10. The van der Waals surface area contributed by atoms with Crippen molar-refractivity contribution in [3.05, 3.63) is 22.4 Å². The Morgan fingerprint density at radius 2 is 2.05 bits per heavy atom. The largest absolute Gasteiger partial charge is 0.398 e. The number of rotatable bonds is 3. The van der Waals surface area contributed by atoms with Crippen LogP contribution in [0.4, 0.5) is 10.1 Å². The molecule has 1 aromatic carbocycles. The summed E-state index contributed by atoms with van der Waals surface area (Å²) in [5.74, 6) is -1.66. The molecular formula is C12H15BrFN3O3S. The van der Waals surface area contributed by atoms with Crippen LogP contribution in [-0.4, -0.2) is 31.2 Å². The van der Waals surface area contributed by atoms with Crippen molar-refractivity contribution in [2.24, 2.45) is 5.73 Å². The fraction of sp³-hybridized carbons (Fsp3) is 0.417. The second kappa shape index (κ2) is 5.90. The smallest absolute Gasteiger partial charge is 0.246 e. The van der Waals surface area contributed by atoms with Crippen LogP contribution >= 0.6 is 15.9 Å². The average Bonchev–Trinajstić information content (AvgIpc) is 2.42. The third-order valence-corrected chi connectivity index (χ3v) is 6.03. The third-order valence-electron chi connectivity index (χ3n) is 3.42. The molecule has 1 fully saturated rings. The molecule has 1 aliphatic rings. The maximum absolute atomic E-state index is 14.0. The lowest BCUT2D eigenvalue weighted by atomic mass is 10.0. The van der Waals surface area contributed by atoms with Gasteiger partial charge in [-0.2, -0.15) is 4.31 Å². The van der Waals surface area contributed by atoms with Crippen molar-refractivity contribution in [3.8, 4) is 0 Å². The second-order valence-electron chi connectivity index (χ2n) is 4.83. The molecule has 0 spiro atoms. The van der Waals surface area contributed by atoms with E-state index in [1.54, 1.807) is 0 Å². The summed E-state index contributed by atoms with van der Waals surface area (Å²) in [6.45, 7) is 0.130. The van der Waals surface area contributed by atoms with Crippen LogP contribution < -0.4 is 11.5 Å². The first-order chi connectivity index (χ1) is 9.75. The Hall–Kier alpha value is -1.19. The number of carbonyl (C=O) groups is 1. The normalized spacial score (nSPS) is 20.4. The van der Waals surface area contributed by atoms with Crippen LogP contribution in [0, 0.1) is 5.82 Å². The van der Waals surface area contributed by atoms with Crippen LogP contribution in [0.1, 0.15) is 19.3 Å². The van der Waals surface area contributed by atoms with Crippen LogP contribution in [0.15, 0.2) is 21.5 Å². The summed E-state index contributed by atoms with van der Waals surface area (Å²) >= 11 is 3.03. The number of halogens is 2. The fourth-order valence-corrected chi connectivity index (χ4v) is 4.41. The molecule has 1 amide bonds. The van der Waals surface area contributed by atoms with Gasteiger partial charge in [0.15, 0.2) is 0 Å². The number of nitrogen functional groups attached to an aromatic ring is 1. The summed E-state index contributed by atoms with van der Waals surface area (Å²) in [6.07, 6.45) is 1.63. The topological polar surface area (TPSA) is 106 Å². The van der Waals surface area contributed by atoms with E-state index in [0.717, 1.165) is 16.4 Å². The van der Waals surface area contributed by atoms with E-state index < -0.39 is 32.7 Å². The number of anilines is 1. The summed E-state index contributed by atoms with van der Waals surface area (Å²) in [6, 6.07) is 1.08. The number of primary amides is 1. The average molecular weight is 380 g/mol. The van der Waals surface area contributed by atoms with Crippen molar-refractivity contribution in [2.45, 2.75) is 30.2 Å². The zero-order valence-corrected chi connectivity index (χ0v) is 13.5. The highest BCUT2D eigenvalue weighted by atomic mass is 79.9. The van der Waals surface area contributed by atoms with Gasteiger partial charge >= 0.3 is 0 Å². The molecule has 2 rings (SSSR count). The van der Waals surface area contributed by atoms with Gasteiger partial charge in [-0.25, -0.2) is 12.8 Å². The minimum absolute atomic E-state index is 0.0996. The number of nitrogens with zero attached hydrogens (tertiary/aromatic N) is 1. The standard InChI is InChI=1S/C12H15BrFN3O3S/c13-7-5-8(14)11(6-9(7)15)21(19,20)17-4-2-1-3-10(17)12(16)18/h5-6,10H,1-4,15H2,(H2,16,18). The quantitative estimate of drug-likeness (QED) is 0.769. The maximum Gasteiger partial charge on any atom is 0.246 e. The molecule has 1 atom stereocenters. The molecule has 0 aliphatic carbocycles. The Morgan fingerprint density at radius 3 is 2.67 bits per heavy atom. The van der Waals surface area contributed by atoms with Crippen molar-refractivity contribution in [2.75, 3.05) is 12.3 Å². The SMILES string of the molecule is NC(=O)C1CCCCN1S(=O)(=O)c1cc(N)c(Br)cc1F. The maximum atomic E-state index is 14.0. The van der Waals surface area contributed by atoms with E-state index in [-0.39, 0.29) is 16.7 Å². The molecule has 6 nitrogen and oxygen atoms in total. The number of piperidine rings is 1. The molecular weight excluding hydrogens is 365 g/mol. The highest BCUT2D eigenvalue weighted by Gasteiger charge is 2.38. The van der Waals surface area contributed by atoms with Gasteiger partial charge in [0.2, 0.25) is 15.9 Å². The molecule has 1 aliphatic heterocycles. The van der Waals surface area contributed by atoms with Gasteiger partial charge in [0.25, 0.3) is 0 Å². The minimum Gasteiger partial charge on any atom is -0.398 e. The first-order valence-corrected chi connectivity index (χ1v) is 8.54. The van der Waals surface area contributed by atoms with Crippen LogP contribution in [-0.2, 0) is 14.8 Å². The first kappa shape index (κ1) is 16.2. The monoisotopic (exact) mass is 379 g/mol. The summed E-state index contributed by atoms with van der Waals surface area (Å²) in [4.78, 5) is 10.9. The van der Waals surface area contributed by atoms with Crippen molar-refractivity contribution >= 4 is 37.5 Å².